The highest BCUT2D eigenvalue weighted by molar-refractivity contribution is 9.10. The van der Waals surface area contributed by atoms with E-state index in [0.29, 0.717) is 10.9 Å². The van der Waals surface area contributed by atoms with E-state index in [1.807, 2.05) is 0 Å². The molecule has 1 aromatic rings. The van der Waals surface area contributed by atoms with Crippen LogP contribution in [-0.4, -0.2) is 56.8 Å². The van der Waals surface area contributed by atoms with Crippen molar-refractivity contribution in [3.63, 3.8) is 0 Å². The van der Waals surface area contributed by atoms with Gasteiger partial charge in [-0.3, -0.25) is 4.48 Å². The van der Waals surface area contributed by atoms with Crippen LogP contribution in [0.3, 0.4) is 0 Å². The average molecular weight is 464 g/mol. The van der Waals surface area contributed by atoms with Crippen molar-refractivity contribution in [3.05, 3.63) is 22.7 Å². The molecule has 0 spiro atoms. The number of rotatable bonds is 5. The number of carbonyl (C=O) groups is 1. The Kier molecular flexibility index (Phi) is 6.27. The number of nitrogens with two attached hydrogens (primary N) is 1. The van der Waals surface area contributed by atoms with Crippen molar-refractivity contribution in [1.29, 1.82) is 0 Å². The molecule has 1 amide bonds. The predicted molar refractivity (Wildman–Crippen MR) is 103 cm³/mol. The lowest BCUT2D eigenvalue weighted by molar-refractivity contribution is -0.929. The summed E-state index contributed by atoms with van der Waals surface area (Å²) < 4.78 is 33.8. The van der Waals surface area contributed by atoms with Crippen LogP contribution in [0.2, 0.25) is 0 Å². The lowest BCUT2D eigenvalue weighted by Crippen LogP contribution is -2.71. The molecule has 1 unspecified atom stereocenters. The van der Waals surface area contributed by atoms with E-state index in [4.69, 9.17) is 10.5 Å². The van der Waals surface area contributed by atoms with Crippen molar-refractivity contribution < 1.29 is 27.5 Å². The van der Waals surface area contributed by atoms with Crippen molar-refractivity contribution >= 4 is 32.0 Å². The maximum Gasteiger partial charge on any atom is 0.258 e. The van der Waals surface area contributed by atoms with E-state index in [1.54, 1.807) is 32.9 Å². The van der Waals surface area contributed by atoms with E-state index >= 15 is 0 Å². The molecular formula is C17H26BrN3O5S. The molecule has 1 aliphatic rings. The van der Waals surface area contributed by atoms with E-state index in [2.05, 4.69) is 20.7 Å². The molecule has 0 radical (unpaired) electrons. The smallest absolute Gasteiger partial charge is 0.258 e. The molecule has 1 aromatic carbocycles. The highest BCUT2D eigenvalue weighted by atomic mass is 79.9. The molecule has 3 N–H and O–H groups in total. The SMILES string of the molecule is COc1ccc(Br)cc1S(=O)(=O)N[C@@H]1C[C@H](CN)[N+](C(=O)[O-])(C(C)(C)C)C1. The number of amides is 1. The first-order valence-electron chi connectivity index (χ1n) is 8.54. The minimum absolute atomic E-state index is 0.0158. The van der Waals surface area contributed by atoms with E-state index in [1.165, 1.54) is 13.2 Å². The zero-order chi connectivity index (χ0) is 20.6. The van der Waals surface area contributed by atoms with Gasteiger partial charge in [0.2, 0.25) is 10.0 Å². The van der Waals surface area contributed by atoms with Crippen molar-refractivity contribution in [2.45, 2.75) is 49.7 Å². The maximum absolute atomic E-state index is 12.9. The van der Waals surface area contributed by atoms with E-state index in [-0.39, 0.29) is 23.7 Å². The van der Waals surface area contributed by atoms with Gasteiger partial charge in [-0.15, -0.1) is 0 Å². The minimum atomic E-state index is -3.93. The summed E-state index contributed by atoms with van der Waals surface area (Å²) in [5.41, 5.74) is 5.14. The number of halogens is 1. The second-order valence-corrected chi connectivity index (χ2v) is 10.3. The van der Waals surface area contributed by atoms with Gasteiger partial charge in [-0.1, -0.05) is 15.9 Å². The van der Waals surface area contributed by atoms with Gasteiger partial charge >= 0.3 is 0 Å². The number of carbonyl (C=O) groups excluding carboxylic acids is 1. The molecule has 27 heavy (non-hydrogen) atoms. The number of nitrogens with one attached hydrogen (secondary N) is 1. The second kappa shape index (κ2) is 7.67. The summed E-state index contributed by atoms with van der Waals surface area (Å²) in [5, 5.41) is 12.1. The molecule has 1 saturated heterocycles. The summed E-state index contributed by atoms with van der Waals surface area (Å²) >= 11 is 3.26. The summed E-state index contributed by atoms with van der Waals surface area (Å²) in [6.45, 7) is 5.55. The quantitative estimate of drug-likeness (QED) is 0.622. The number of likely N-dealkylation sites (tertiary alicyclic amines) is 1. The molecule has 2 rings (SSSR count). The lowest BCUT2D eigenvalue weighted by atomic mass is 10.00. The van der Waals surface area contributed by atoms with Gasteiger partial charge in [-0.05, 0) is 39.0 Å². The van der Waals surface area contributed by atoms with Crippen molar-refractivity contribution in [1.82, 2.24) is 4.72 Å². The fourth-order valence-electron chi connectivity index (χ4n) is 3.90. The van der Waals surface area contributed by atoms with Gasteiger partial charge in [-0.25, -0.2) is 13.1 Å². The Morgan fingerprint density at radius 1 is 1.44 bits per heavy atom. The number of carboxylic acid groups (broad SMARTS) is 1. The number of hydrogen-bond acceptors (Lipinski definition) is 6. The number of ether oxygens (including phenoxy) is 1. The monoisotopic (exact) mass is 463 g/mol. The minimum Gasteiger partial charge on any atom is -0.498 e. The number of benzene rings is 1. The third-order valence-corrected chi connectivity index (χ3v) is 7.26. The number of hydrogen-bond donors (Lipinski definition) is 2. The first-order valence-corrected chi connectivity index (χ1v) is 10.8. The van der Waals surface area contributed by atoms with Gasteiger partial charge in [0.15, 0.2) is 0 Å². The van der Waals surface area contributed by atoms with Gasteiger partial charge in [0.1, 0.15) is 23.2 Å². The summed E-state index contributed by atoms with van der Waals surface area (Å²) in [5.74, 6) is 0.204. The molecule has 0 saturated carbocycles. The fourth-order valence-corrected chi connectivity index (χ4v) is 5.85. The van der Waals surface area contributed by atoms with Crippen LogP contribution in [0.5, 0.6) is 5.75 Å². The molecule has 8 nitrogen and oxygen atoms in total. The largest absolute Gasteiger partial charge is 0.498 e. The highest BCUT2D eigenvalue weighted by Gasteiger charge is 2.55. The normalized spacial score (nSPS) is 26.1. The van der Waals surface area contributed by atoms with Crippen molar-refractivity contribution in [3.8, 4) is 5.75 Å². The van der Waals surface area contributed by atoms with Crippen LogP contribution in [0.1, 0.15) is 27.2 Å². The van der Waals surface area contributed by atoms with Crippen molar-refractivity contribution in [2.24, 2.45) is 5.73 Å². The van der Waals surface area contributed by atoms with E-state index in [9.17, 15) is 18.3 Å². The average Bonchev–Trinajstić information content (AvgIpc) is 2.93. The van der Waals surface area contributed by atoms with Gasteiger partial charge in [0, 0.05) is 17.4 Å². The molecule has 1 fully saturated rings. The molecule has 0 bridgehead atoms. The van der Waals surface area contributed by atoms with Gasteiger partial charge in [0.05, 0.1) is 18.7 Å². The zero-order valence-corrected chi connectivity index (χ0v) is 18.3. The summed E-state index contributed by atoms with van der Waals surface area (Å²) in [4.78, 5) is 12.1. The van der Waals surface area contributed by atoms with Crippen LogP contribution in [-0.2, 0) is 10.0 Å². The lowest BCUT2D eigenvalue weighted by Gasteiger charge is -2.49. The van der Waals surface area contributed by atoms with Crippen LogP contribution >= 0.6 is 15.9 Å². The Morgan fingerprint density at radius 3 is 2.52 bits per heavy atom. The molecule has 1 aliphatic heterocycles. The summed E-state index contributed by atoms with van der Waals surface area (Å²) in [6, 6.07) is 3.63. The number of sulfonamides is 1. The molecule has 0 aromatic heterocycles. The third kappa shape index (κ3) is 4.00. The second-order valence-electron chi connectivity index (χ2n) is 7.73. The zero-order valence-electron chi connectivity index (χ0n) is 15.9. The maximum atomic E-state index is 12.9. The Hall–Kier alpha value is -1.20. The topological polar surface area (TPSA) is 122 Å². The number of nitrogens with zero attached hydrogens (tertiary/aromatic N) is 1. The van der Waals surface area contributed by atoms with E-state index in [0.717, 1.165) is 0 Å². The Balaban J connectivity index is 2.39. The van der Waals surface area contributed by atoms with Gasteiger partial charge in [-0.2, -0.15) is 0 Å². The van der Waals surface area contributed by atoms with Crippen LogP contribution in [0.4, 0.5) is 4.79 Å². The summed E-state index contributed by atoms with van der Waals surface area (Å²) in [7, 11) is -2.54. The third-order valence-electron chi connectivity index (χ3n) is 5.22. The van der Waals surface area contributed by atoms with Crippen LogP contribution in [0, 0.1) is 0 Å². The molecule has 3 atom stereocenters. The van der Waals surface area contributed by atoms with Gasteiger partial charge < -0.3 is 20.4 Å². The standard InChI is InChI=1S/C17H26BrN3O5S/c1-17(2,3)21(16(22)23)10-12(8-13(21)9-19)20-27(24,25)15-7-11(18)5-6-14(15)26-4/h5-7,12-13,20H,8-10,19H2,1-4H3/t12-,13-,21?/m1/s1. The first-order chi connectivity index (χ1) is 12.4. The number of quaternary nitrogens is 1. The predicted octanol–water partition coefficient (Wildman–Crippen LogP) is 0.794. The molecule has 10 heteroatoms. The Labute approximate surface area is 168 Å². The molecule has 1 heterocycles. The summed E-state index contributed by atoms with van der Waals surface area (Å²) in [6.07, 6.45) is -0.947. The molecular weight excluding hydrogens is 438 g/mol. The fraction of sp³-hybridized carbons (Fsp3) is 0.588. The van der Waals surface area contributed by atoms with Crippen LogP contribution < -0.4 is 20.3 Å². The Bertz CT molecular complexity index is 824. The Morgan fingerprint density at radius 2 is 2.07 bits per heavy atom. The number of methoxy groups -OCH3 is 1. The van der Waals surface area contributed by atoms with Crippen LogP contribution in [0.15, 0.2) is 27.6 Å². The van der Waals surface area contributed by atoms with Crippen molar-refractivity contribution in [2.75, 3.05) is 20.2 Å². The molecule has 0 aliphatic carbocycles. The molecule has 152 valence electrons. The van der Waals surface area contributed by atoms with E-state index < -0.39 is 38.2 Å². The van der Waals surface area contributed by atoms with Gasteiger partial charge in [0.25, 0.3) is 6.09 Å². The van der Waals surface area contributed by atoms with Crippen LogP contribution in [0.25, 0.3) is 0 Å². The highest BCUT2D eigenvalue weighted by Crippen LogP contribution is 2.37. The first kappa shape index (κ1) is 22.1.